The predicted molar refractivity (Wildman–Crippen MR) is 439 cm³/mol. The van der Waals surface area contributed by atoms with Crippen molar-refractivity contribution in [2.75, 3.05) is 0 Å². The van der Waals surface area contributed by atoms with Gasteiger partial charge >= 0.3 is 0 Å². The van der Waals surface area contributed by atoms with Crippen molar-refractivity contribution in [3.05, 3.63) is 371 Å². The van der Waals surface area contributed by atoms with E-state index in [1.54, 1.807) is 24.8 Å². The van der Waals surface area contributed by atoms with Crippen LogP contribution in [0.2, 0.25) is 0 Å². The van der Waals surface area contributed by atoms with Crippen LogP contribution in [0.5, 0.6) is 0 Å². The summed E-state index contributed by atoms with van der Waals surface area (Å²) in [5.74, 6) is 4.14. The highest BCUT2D eigenvalue weighted by atomic mass is 16.3. The van der Waals surface area contributed by atoms with Gasteiger partial charge in [0.05, 0.1) is 22.4 Å². The lowest BCUT2D eigenvalue weighted by Crippen LogP contribution is -2.00. The third-order valence-corrected chi connectivity index (χ3v) is 19.7. The molecule has 110 heavy (non-hydrogen) atoms. The summed E-state index contributed by atoms with van der Waals surface area (Å²) in [6.45, 7) is 0. The van der Waals surface area contributed by atoms with Crippen LogP contribution in [-0.4, -0.2) is 54.8 Å². The summed E-state index contributed by atoms with van der Waals surface area (Å²) >= 11 is 0. The van der Waals surface area contributed by atoms with Gasteiger partial charge in [0.15, 0.2) is 34.5 Å². The van der Waals surface area contributed by atoms with Gasteiger partial charge in [-0.3, -0.25) is 19.9 Å². The minimum atomic E-state index is 0.622. The number of benzene rings is 10. The molecule has 10 heterocycles. The lowest BCUT2D eigenvalue weighted by molar-refractivity contribution is 0.632. The normalized spacial score (nSPS) is 11.3. The summed E-state index contributed by atoms with van der Waals surface area (Å²) in [6.07, 6.45) is 14.4. The zero-order chi connectivity index (χ0) is 73.1. The smallest absolute Gasteiger partial charge is 0.164 e. The molecule has 0 unspecified atom stereocenters. The lowest BCUT2D eigenvalue weighted by atomic mass is 9.96. The van der Waals surface area contributed by atoms with Crippen LogP contribution in [0, 0.1) is 0 Å². The topological polar surface area (TPSA) is 168 Å². The van der Waals surface area contributed by atoms with Crippen LogP contribution in [0.4, 0.5) is 0 Å². The third-order valence-electron chi connectivity index (χ3n) is 19.7. The molecule has 0 aliphatic heterocycles. The quantitative estimate of drug-likeness (QED) is 0.101. The largest absolute Gasteiger partial charge is 0.453 e. The Morgan fingerprint density at radius 1 is 0.191 bits per heavy atom. The number of hydrogen-bond donors (Lipinski definition) is 0. The minimum Gasteiger partial charge on any atom is -0.453 e. The van der Waals surface area contributed by atoms with Gasteiger partial charge in [0.1, 0.15) is 22.9 Å². The molecule has 20 rings (SSSR count). The molecule has 0 saturated heterocycles. The van der Waals surface area contributed by atoms with Gasteiger partial charge in [-0.2, -0.15) is 0 Å². The van der Waals surface area contributed by atoms with Crippen molar-refractivity contribution in [3.63, 3.8) is 0 Å². The van der Waals surface area contributed by atoms with E-state index in [9.17, 15) is 0 Å². The predicted octanol–water partition coefficient (Wildman–Crippen LogP) is 23.9. The SMILES string of the molecule is c1ccc(-c2cc(-c3ccc(-c4ccc(-c5nc6ccccc6c6c(-c7ccncc7)c(-c7ccncc7)oc56)cc4)cc3)nc(-c3ccccc3)n2)cc1.c1ccc(-c2nc(-c3ccccc3)nc(-c3ccc(-c4ccc(-c5nc6ccccc6c6c(-c7ccncc7)c(-c7ccncc7)oc56)cc4)cc3)n2)cc1. The average molecular weight is 1410 g/mol. The van der Waals surface area contributed by atoms with E-state index in [2.05, 4.69) is 159 Å². The van der Waals surface area contributed by atoms with E-state index in [0.717, 1.165) is 178 Å². The van der Waals surface area contributed by atoms with E-state index in [1.807, 2.05) is 207 Å². The fraction of sp³-hybridized carbons (Fsp3) is 0. The molecule has 20 aromatic rings. The first-order valence-electron chi connectivity index (χ1n) is 36.1. The molecule has 516 valence electrons. The second-order valence-electron chi connectivity index (χ2n) is 26.5. The second kappa shape index (κ2) is 29.0. The van der Waals surface area contributed by atoms with Gasteiger partial charge in [-0.25, -0.2) is 34.9 Å². The van der Waals surface area contributed by atoms with E-state index >= 15 is 0 Å². The molecule has 0 aliphatic carbocycles. The molecule has 13 nitrogen and oxygen atoms in total. The van der Waals surface area contributed by atoms with Crippen molar-refractivity contribution >= 4 is 43.7 Å². The lowest BCUT2D eigenvalue weighted by Gasteiger charge is -2.10. The summed E-state index contributed by atoms with van der Waals surface area (Å²) < 4.78 is 13.7. The molecule has 0 fully saturated rings. The second-order valence-corrected chi connectivity index (χ2v) is 26.5. The molecule has 0 saturated carbocycles. The molecule has 0 amide bonds. The zero-order valence-electron chi connectivity index (χ0n) is 59.0. The van der Waals surface area contributed by atoms with Gasteiger partial charge in [0.2, 0.25) is 0 Å². The Labute approximate surface area is 632 Å². The van der Waals surface area contributed by atoms with Crippen LogP contribution in [0.3, 0.4) is 0 Å². The minimum absolute atomic E-state index is 0.622. The van der Waals surface area contributed by atoms with Gasteiger partial charge in [-0.1, -0.05) is 255 Å². The molecule has 0 aliphatic rings. The van der Waals surface area contributed by atoms with Crippen molar-refractivity contribution in [2.45, 2.75) is 0 Å². The molecule has 10 aromatic carbocycles. The Hall–Kier alpha value is -15.2. The first kappa shape index (κ1) is 65.5. The number of furan rings is 2. The Morgan fingerprint density at radius 3 is 0.809 bits per heavy atom. The highest BCUT2D eigenvalue weighted by molar-refractivity contribution is 6.20. The third kappa shape index (κ3) is 12.8. The highest BCUT2D eigenvalue weighted by Crippen LogP contribution is 2.49. The van der Waals surface area contributed by atoms with Crippen molar-refractivity contribution < 1.29 is 8.83 Å². The maximum Gasteiger partial charge on any atom is 0.164 e. The molecule has 0 spiro atoms. The van der Waals surface area contributed by atoms with Crippen LogP contribution >= 0.6 is 0 Å². The van der Waals surface area contributed by atoms with Gasteiger partial charge < -0.3 is 8.83 Å². The summed E-state index contributed by atoms with van der Waals surface area (Å²) in [7, 11) is 0. The number of nitrogens with zero attached hydrogens (tertiary/aromatic N) is 11. The Bertz CT molecular complexity index is 6160. The van der Waals surface area contributed by atoms with E-state index < -0.39 is 0 Å². The van der Waals surface area contributed by atoms with Crippen LogP contribution in [0.15, 0.2) is 380 Å². The number of aromatic nitrogens is 11. The van der Waals surface area contributed by atoms with E-state index in [1.165, 1.54) is 0 Å². The Balaban J connectivity index is 0.000000149. The van der Waals surface area contributed by atoms with Crippen LogP contribution < -0.4 is 0 Å². The van der Waals surface area contributed by atoms with Gasteiger partial charge in [0.25, 0.3) is 0 Å². The van der Waals surface area contributed by atoms with Crippen LogP contribution in [0.1, 0.15) is 0 Å². The first-order valence-corrected chi connectivity index (χ1v) is 36.1. The summed E-state index contributed by atoms with van der Waals surface area (Å²) in [5.41, 5.74) is 24.7. The summed E-state index contributed by atoms with van der Waals surface area (Å²) in [4.78, 5) is 52.0. The van der Waals surface area contributed by atoms with E-state index in [0.29, 0.717) is 23.3 Å². The number of hydrogen-bond acceptors (Lipinski definition) is 13. The molecule has 0 N–H and O–H groups in total. The maximum absolute atomic E-state index is 6.86. The Kier molecular flexibility index (Phi) is 17.3. The highest BCUT2D eigenvalue weighted by Gasteiger charge is 2.27. The molecule has 0 atom stereocenters. The fourth-order valence-corrected chi connectivity index (χ4v) is 14.3. The number of fused-ring (bicyclic) bond motifs is 6. The number of para-hydroxylation sites is 2. The van der Waals surface area contributed by atoms with Crippen molar-refractivity contribution in [1.82, 2.24) is 54.8 Å². The van der Waals surface area contributed by atoms with Crippen molar-refractivity contribution in [3.8, 4) is 158 Å². The average Bonchev–Trinajstić information content (AvgIpc) is 1.57. The summed E-state index contributed by atoms with van der Waals surface area (Å²) in [6, 6.07) is 109. The van der Waals surface area contributed by atoms with Gasteiger partial charge in [-0.05, 0) is 100 Å². The molecule has 0 radical (unpaired) electrons. The molecular formula is C97H61N11O2. The molecule has 0 bridgehead atoms. The summed E-state index contributed by atoms with van der Waals surface area (Å²) in [5, 5.41) is 4.10. The molecule has 10 aromatic heterocycles. The van der Waals surface area contributed by atoms with Gasteiger partial charge in [0, 0.05) is 138 Å². The monoisotopic (exact) mass is 1410 g/mol. The first-order chi connectivity index (χ1) is 54.5. The van der Waals surface area contributed by atoms with E-state index in [4.69, 9.17) is 43.7 Å². The van der Waals surface area contributed by atoms with Crippen LogP contribution in [0.25, 0.3) is 201 Å². The fourth-order valence-electron chi connectivity index (χ4n) is 14.3. The Morgan fingerprint density at radius 2 is 0.455 bits per heavy atom. The standard InChI is InChI=1S/C49H31N5O.C48H30N6O/c1-3-9-34(10-4-1)42-31-43(54-49(53-42)39-11-5-2-6-12-39)35-19-15-32(16-20-35)33-17-21-37(22-18-33)46-48-45(40-13-7-8-14-41(40)52-46)44(36-23-27-50-28-24-36)47(55-48)38-25-29-51-30-26-38;1-3-9-36(10-4-1)46-52-47(37-11-5-2-6-12-37)54-48(53-46)38-21-17-32(18-22-38)31-15-19-34(20-16-31)43-45-42(39-13-7-8-14-40(39)51-43)41(33-23-27-49-28-24-33)44(55-45)35-25-29-50-30-26-35/h1-31H;1-30H. The van der Waals surface area contributed by atoms with E-state index in [-0.39, 0.29) is 0 Å². The zero-order valence-corrected chi connectivity index (χ0v) is 59.0. The number of pyridine rings is 6. The maximum atomic E-state index is 6.86. The number of rotatable bonds is 14. The van der Waals surface area contributed by atoms with Crippen LogP contribution in [-0.2, 0) is 0 Å². The molecular weight excluding hydrogens is 1350 g/mol. The molecule has 13 heteroatoms. The van der Waals surface area contributed by atoms with Crippen molar-refractivity contribution in [1.29, 1.82) is 0 Å². The van der Waals surface area contributed by atoms with Crippen molar-refractivity contribution in [2.24, 2.45) is 0 Å². The van der Waals surface area contributed by atoms with Gasteiger partial charge in [-0.15, -0.1) is 0 Å².